The molecular formula is C21H29N3S. The van der Waals surface area contributed by atoms with Gasteiger partial charge in [-0.3, -0.25) is 0 Å². The summed E-state index contributed by atoms with van der Waals surface area (Å²) in [6.07, 6.45) is 1.08. The van der Waals surface area contributed by atoms with E-state index in [1.54, 1.807) is 0 Å². The first-order chi connectivity index (χ1) is 12.0. The first-order valence-corrected chi connectivity index (χ1v) is 9.18. The highest BCUT2D eigenvalue weighted by Gasteiger charge is 2.12. The van der Waals surface area contributed by atoms with Crippen molar-refractivity contribution in [3.8, 4) is 0 Å². The van der Waals surface area contributed by atoms with E-state index in [0.29, 0.717) is 0 Å². The number of aryl methyl sites for hydroxylation is 2. The molecule has 0 saturated carbocycles. The molecule has 0 spiro atoms. The van der Waals surface area contributed by atoms with Gasteiger partial charge in [-0.1, -0.05) is 42.5 Å². The Balaban J connectivity index is 2.09. The van der Waals surface area contributed by atoms with Gasteiger partial charge in [0.1, 0.15) is 0 Å². The maximum atomic E-state index is 5.74. The molecular weight excluding hydrogens is 326 g/mol. The third-order valence-corrected chi connectivity index (χ3v) is 4.53. The van der Waals surface area contributed by atoms with Crippen molar-refractivity contribution in [2.45, 2.75) is 26.8 Å². The molecule has 0 aliphatic carbocycles. The lowest BCUT2D eigenvalue weighted by atomic mass is 10.1. The minimum absolute atomic E-state index is 0.788. The van der Waals surface area contributed by atoms with Gasteiger partial charge in [0.2, 0.25) is 0 Å². The van der Waals surface area contributed by atoms with Crippen LogP contribution in [0.25, 0.3) is 0 Å². The van der Waals surface area contributed by atoms with E-state index in [1.165, 1.54) is 16.7 Å². The van der Waals surface area contributed by atoms with Crippen molar-refractivity contribution >= 4 is 23.0 Å². The standard InChI is InChI=1S/C21H29N3S/c1-17-11-12-18(2)20(15-17)22-21(25)24(14-8-13-23(3)4)16-19-9-6-5-7-10-19/h5-7,9-12,15H,8,13-14,16H2,1-4H3,(H,22,25). The van der Waals surface area contributed by atoms with Gasteiger partial charge in [-0.2, -0.15) is 0 Å². The van der Waals surface area contributed by atoms with Crippen LogP contribution in [0.4, 0.5) is 5.69 Å². The summed E-state index contributed by atoms with van der Waals surface area (Å²) in [7, 11) is 4.21. The van der Waals surface area contributed by atoms with Gasteiger partial charge in [-0.05, 0) is 75.9 Å². The minimum atomic E-state index is 0.788. The second-order valence-corrected chi connectivity index (χ2v) is 7.20. The highest BCUT2D eigenvalue weighted by atomic mass is 32.1. The Morgan fingerprint density at radius 3 is 2.40 bits per heavy atom. The van der Waals surface area contributed by atoms with Gasteiger partial charge in [0, 0.05) is 18.8 Å². The van der Waals surface area contributed by atoms with Crippen LogP contribution in [-0.2, 0) is 6.54 Å². The average molecular weight is 356 g/mol. The predicted octanol–water partition coefficient (Wildman–Crippen LogP) is 4.45. The second-order valence-electron chi connectivity index (χ2n) is 6.81. The van der Waals surface area contributed by atoms with E-state index in [-0.39, 0.29) is 0 Å². The quantitative estimate of drug-likeness (QED) is 0.739. The predicted molar refractivity (Wildman–Crippen MR) is 112 cm³/mol. The van der Waals surface area contributed by atoms with Gasteiger partial charge in [-0.25, -0.2) is 0 Å². The molecule has 0 atom stereocenters. The molecule has 2 aromatic rings. The van der Waals surface area contributed by atoms with Crippen LogP contribution < -0.4 is 5.32 Å². The monoisotopic (exact) mass is 355 g/mol. The number of hydrogen-bond acceptors (Lipinski definition) is 2. The number of nitrogens with one attached hydrogen (secondary N) is 1. The van der Waals surface area contributed by atoms with Gasteiger partial charge < -0.3 is 15.1 Å². The molecule has 2 aromatic carbocycles. The zero-order chi connectivity index (χ0) is 18.2. The largest absolute Gasteiger partial charge is 0.345 e. The normalized spacial score (nSPS) is 10.8. The number of hydrogen-bond donors (Lipinski definition) is 1. The van der Waals surface area contributed by atoms with Crippen LogP contribution in [0.1, 0.15) is 23.1 Å². The summed E-state index contributed by atoms with van der Waals surface area (Å²) in [5.41, 5.74) is 4.81. The van der Waals surface area contributed by atoms with Crippen LogP contribution in [0.3, 0.4) is 0 Å². The Labute approximate surface area is 157 Å². The lowest BCUT2D eigenvalue weighted by Crippen LogP contribution is -2.36. The molecule has 0 aromatic heterocycles. The summed E-state index contributed by atoms with van der Waals surface area (Å²) in [5, 5.41) is 4.24. The van der Waals surface area contributed by atoms with Crippen LogP contribution in [-0.4, -0.2) is 42.1 Å². The maximum Gasteiger partial charge on any atom is 0.173 e. The fourth-order valence-electron chi connectivity index (χ4n) is 2.70. The van der Waals surface area contributed by atoms with Gasteiger partial charge in [0.05, 0.1) is 0 Å². The van der Waals surface area contributed by atoms with Crippen LogP contribution in [0.2, 0.25) is 0 Å². The molecule has 0 fully saturated rings. The Morgan fingerprint density at radius 2 is 1.72 bits per heavy atom. The lowest BCUT2D eigenvalue weighted by Gasteiger charge is -2.27. The zero-order valence-corrected chi connectivity index (χ0v) is 16.6. The molecule has 0 radical (unpaired) electrons. The smallest absolute Gasteiger partial charge is 0.173 e. The van der Waals surface area contributed by atoms with Crippen molar-refractivity contribution < 1.29 is 0 Å². The third kappa shape index (κ3) is 6.48. The minimum Gasteiger partial charge on any atom is -0.345 e. The summed E-state index contributed by atoms with van der Waals surface area (Å²) in [6.45, 7) is 7.02. The number of anilines is 1. The van der Waals surface area contributed by atoms with Crippen molar-refractivity contribution in [2.24, 2.45) is 0 Å². The molecule has 4 heteroatoms. The highest BCUT2D eigenvalue weighted by molar-refractivity contribution is 7.80. The Kier molecular flexibility index (Phi) is 7.41. The van der Waals surface area contributed by atoms with Crippen molar-refractivity contribution in [1.29, 1.82) is 0 Å². The van der Waals surface area contributed by atoms with E-state index in [1.807, 2.05) is 6.07 Å². The maximum absolute atomic E-state index is 5.74. The van der Waals surface area contributed by atoms with E-state index < -0.39 is 0 Å². The molecule has 0 saturated heterocycles. The topological polar surface area (TPSA) is 18.5 Å². The van der Waals surface area contributed by atoms with Crippen LogP contribution in [0.5, 0.6) is 0 Å². The molecule has 0 bridgehead atoms. The highest BCUT2D eigenvalue weighted by Crippen LogP contribution is 2.18. The Bertz CT molecular complexity index is 683. The van der Waals surface area contributed by atoms with E-state index in [0.717, 1.165) is 36.9 Å². The van der Waals surface area contributed by atoms with E-state index in [9.17, 15) is 0 Å². The number of benzene rings is 2. The fourth-order valence-corrected chi connectivity index (χ4v) is 2.96. The van der Waals surface area contributed by atoms with Crippen LogP contribution >= 0.6 is 12.2 Å². The lowest BCUT2D eigenvalue weighted by molar-refractivity contribution is 0.346. The first-order valence-electron chi connectivity index (χ1n) is 8.77. The summed E-state index contributed by atoms with van der Waals surface area (Å²) in [6, 6.07) is 16.9. The molecule has 0 aliphatic heterocycles. The van der Waals surface area contributed by atoms with Gasteiger partial charge in [0.15, 0.2) is 5.11 Å². The Hall–Kier alpha value is -1.91. The fraction of sp³-hybridized carbons (Fsp3) is 0.381. The third-order valence-electron chi connectivity index (χ3n) is 4.17. The molecule has 134 valence electrons. The average Bonchev–Trinajstić information content (AvgIpc) is 2.58. The van der Waals surface area contributed by atoms with Crippen molar-refractivity contribution in [1.82, 2.24) is 9.80 Å². The molecule has 1 N–H and O–H groups in total. The van der Waals surface area contributed by atoms with E-state index in [2.05, 4.69) is 85.5 Å². The summed E-state index contributed by atoms with van der Waals surface area (Å²) >= 11 is 5.74. The Morgan fingerprint density at radius 1 is 1.00 bits per heavy atom. The number of rotatable bonds is 7. The summed E-state index contributed by atoms with van der Waals surface area (Å²) < 4.78 is 0. The van der Waals surface area contributed by atoms with Gasteiger partial charge in [-0.15, -0.1) is 0 Å². The first kappa shape index (κ1) is 19.4. The molecule has 0 amide bonds. The summed E-state index contributed by atoms with van der Waals surface area (Å²) in [5.74, 6) is 0. The number of thiocarbonyl (C=S) groups is 1. The van der Waals surface area contributed by atoms with Crippen LogP contribution in [0, 0.1) is 13.8 Å². The van der Waals surface area contributed by atoms with E-state index >= 15 is 0 Å². The van der Waals surface area contributed by atoms with Crippen LogP contribution in [0.15, 0.2) is 48.5 Å². The second kappa shape index (κ2) is 9.54. The molecule has 0 aliphatic rings. The molecule has 2 rings (SSSR count). The molecule has 3 nitrogen and oxygen atoms in total. The van der Waals surface area contributed by atoms with Crippen molar-refractivity contribution in [2.75, 3.05) is 32.5 Å². The van der Waals surface area contributed by atoms with Gasteiger partial charge >= 0.3 is 0 Å². The zero-order valence-electron chi connectivity index (χ0n) is 15.7. The van der Waals surface area contributed by atoms with Gasteiger partial charge in [0.25, 0.3) is 0 Å². The number of nitrogens with zero attached hydrogens (tertiary/aromatic N) is 2. The van der Waals surface area contributed by atoms with Crippen molar-refractivity contribution in [3.05, 3.63) is 65.2 Å². The summed E-state index contributed by atoms with van der Waals surface area (Å²) in [4.78, 5) is 4.47. The molecule has 0 heterocycles. The van der Waals surface area contributed by atoms with Crippen molar-refractivity contribution in [3.63, 3.8) is 0 Å². The SMILES string of the molecule is Cc1ccc(C)c(NC(=S)N(CCCN(C)C)Cc2ccccc2)c1. The van der Waals surface area contributed by atoms with E-state index in [4.69, 9.17) is 12.2 Å². The molecule has 0 unspecified atom stereocenters. The molecule has 25 heavy (non-hydrogen) atoms.